The summed E-state index contributed by atoms with van der Waals surface area (Å²) in [5.74, 6) is -1.66. The minimum absolute atomic E-state index is 0.0704. The number of rotatable bonds is 5. The van der Waals surface area contributed by atoms with E-state index in [0.29, 0.717) is 12.1 Å². The fraction of sp³-hybridized carbons (Fsp3) is 0.381. The molecule has 0 aliphatic carbocycles. The monoisotopic (exact) mass is 358 g/mol. The second-order valence-corrected chi connectivity index (χ2v) is 6.86. The van der Waals surface area contributed by atoms with Gasteiger partial charge in [-0.2, -0.15) is 0 Å². The van der Waals surface area contributed by atoms with Crippen molar-refractivity contribution in [2.45, 2.75) is 31.8 Å². The summed E-state index contributed by atoms with van der Waals surface area (Å²) in [6.45, 7) is 1.92. The maximum atomic E-state index is 13.5. The number of likely N-dealkylation sites (N-methyl/N-ethyl adjacent to an activating group) is 1. The van der Waals surface area contributed by atoms with Crippen LogP contribution < -0.4 is 0 Å². The number of piperidine rings is 1. The molecule has 1 amide bonds. The van der Waals surface area contributed by atoms with Crippen LogP contribution in [0.5, 0.6) is 0 Å². The standard InChI is InChI=1S/C21H24F2N2O/c1-24(15-16-10-11-18(22)19(23)14-16)20(17-8-4-2-5-9-17)21(26)25-12-6-3-7-13-25/h2,4-5,8-11,14,20H,3,6-7,12-13,15H2,1H3. The minimum atomic E-state index is -0.866. The zero-order chi connectivity index (χ0) is 18.5. The summed E-state index contributed by atoms with van der Waals surface area (Å²) in [5.41, 5.74) is 1.55. The molecule has 1 saturated heterocycles. The molecule has 0 saturated carbocycles. The van der Waals surface area contributed by atoms with Crippen LogP contribution >= 0.6 is 0 Å². The summed E-state index contributed by atoms with van der Waals surface area (Å²) in [5, 5.41) is 0. The van der Waals surface area contributed by atoms with E-state index in [1.165, 1.54) is 6.07 Å². The summed E-state index contributed by atoms with van der Waals surface area (Å²) < 4.78 is 26.7. The summed E-state index contributed by atoms with van der Waals surface area (Å²) in [7, 11) is 1.85. The lowest BCUT2D eigenvalue weighted by Crippen LogP contribution is -2.43. The Labute approximate surface area is 153 Å². The highest BCUT2D eigenvalue weighted by Gasteiger charge is 2.30. The highest BCUT2D eigenvalue weighted by Crippen LogP contribution is 2.26. The van der Waals surface area contributed by atoms with Gasteiger partial charge in [-0.1, -0.05) is 36.4 Å². The van der Waals surface area contributed by atoms with Crippen molar-refractivity contribution in [1.29, 1.82) is 0 Å². The number of nitrogens with zero attached hydrogens (tertiary/aromatic N) is 2. The molecule has 2 aromatic carbocycles. The molecular weight excluding hydrogens is 334 g/mol. The van der Waals surface area contributed by atoms with E-state index in [-0.39, 0.29) is 5.91 Å². The predicted molar refractivity (Wildman–Crippen MR) is 97.4 cm³/mol. The highest BCUT2D eigenvalue weighted by molar-refractivity contribution is 5.83. The van der Waals surface area contributed by atoms with Crippen LogP contribution in [0.15, 0.2) is 48.5 Å². The van der Waals surface area contributed by atoms with E-state index in [4.69, 9.17) is 0 Å². The highest BCUT2D eigenvalue weighted by atomic mass is 19.2. The van der Waals surface area contributed by atoms with Crippen molar-refractivity contribution >= 4 is 5.91 Å². The minimum Gasteiger partial charge on any atom is -0.341 e. The van der Waals surface area contributed by atoms with Gasteiger partial charge in [-0.05, 0) is 49.6 Å². The van der Waals surface area contributed by atoms with Gasteiger partial charge in [-0.25, -0.2) is 8.78 Å². The Hall–Kier alpha value is -2.27. The second kappa shape index (κ2) is 8.41. The van der Waals surface area contributed by atoms with E-state index in [2.05, 4.69) is 0 Å². The molecule has 3 nitrogen and oxygen atoms in total. The summed E-state index contributed by atoms with van der Waals surface area (Å²) >= 11 is 0. The SMILES string of the molecule is CN(Cc1ccc(F)c(F)c1)C(C(=O)N1CCCCC1)c1ccccc1. The number of hydrogen-bond acceptors (Lipinski definition) is 2. The smallest absolute Gasteiger partial charge is 0.244 e. The third-order valence-corrected chi connectivity index (χ3v) is 4.87. The molecule has 2 aromatic rings. The Kier molecular flexibility index (Phi) is 5.99. The van der Waals surface area contributed by atoms with Gasteiger partial charge in [-0.15, -0.1) is 0 Å². The van der Waals surface area contributed by atoms with Crippen LogP contribution in [0.4, 0.5) is 8.78 Å². The van der Waals surface area contributed by atoms with Crippen molar-refractivity contribution in [1.82, 2.24) is 9.80 Å². The number of amides is 1. The average molecular weight is 358 g/mol. The number of benzene rings is 2. The van der Waals surface area contributed by atoms with Crippen LogP contribution in [0.3, 0.4) is 0 Å². The van der Waals surface area contributed by atoms with Crippen molar-refractivity contribution < 1.29 is 13.6 Å². The van der Waals surface area contributed by atoms with E-state index >= 15 is 0 Å². The van der Waals surface area contributed by atoms with Crippen molar-refractivity contribution in [2.75, 3.05) is 20.1 Å². The Morgan fingerprint density at radius 1 is 1.04 bits per heavy atom. The van der Waals surface area contributed by atoms with Crippen LogP contribution in [0, 0.1) is 11.6 Å². The third-order valence-electron chi connectivity index (χ3n) is 4.87. The normalized spacial score (nSPS) is 15.9. The molecule has 1 atom stereocenters. The van der Waals surface area contributed by atoms with Crippen LogP contribution in [0.2, 0.25) is 0 Å². The van der Waals surface area contributed by atoms with Gasteiger partial charge in [0.05, 0.1) is 0 Å². The molecule has 0 radical (unpaired) electrons. The first-order chi connectivity index (χ1) is 12.6. The average Bonchev–Trinajstić information content (AvgIpc) is 2.66. The molecule has 138 valence electrons. The molecule has 1 unspecified atom stereocenters. The van der Waals surface area contributed by atoms with E-state index in [1.807, 2.05) is 47.2 Å². The topological polar surface area (TPSA) is 23.6 Å². The van der Waals surface area contributed by atoms with Crippen molar-refractivity contribution in [3.05, 3.63) is 71.3 Å². The van der Waals surface area contributed by atoms with Crippen molar-refractivity contribution in [2.24, 2.45) is 0 Å². The maximum Gasteiger partial charge on any atom is 0.244 e. The molecule has 1 aliphatic heterocycles. The molecule has 26 heavy (non-hydrogen) atoms. The lowest BCUT2D eigenvalue weighted by molar-refractivity contribution is -0.138. The Morgan fingerprint density at radius 3 is 2.38 bits per heavy atom. The Morgan fingerprint density at radius 2 is 1.73 bits per heavy atom. The number of likely N-dealkylation sites (tertiary alicyclic amines) is 1. The fourth-order valence-electron chi connectivity index (χ4n) is 3.53. The number of carbonyl (C=O) groups is 1. The molecular formula is C21H24F2N2O. The van der Waals surface area contributed by atoms with E-state index in [0.717, 1.165) is 44.0 Å². The van der Waals surface area contributed by atoms with Gasteiger partial charge in [0, 0.05) is 19.6 Å². The summed E-state index contributed by atoms with van der Waals surface area (Å²) in [4.78, 5) is 17.0. The zero-order valence-corrected chi connectivity index (χ0v) is 15.0. The van der Waals surface area contributed by atoms with Gasteiger partial charge < -0.3 is 4.90 Å². The summed E-state index contributed by atoms with van der Waals surface area (Å²) in [6.07, 6.45) is 3.21. The molecule has 0 bridgehead atoms. The van der Waals surface area contributed by atoms with Gasteiger partial charge in [0.1, 0.15) is 6.04 Å². The zero-order valence-electron chi connectivity index (χ0n) is 15.0. The van der Waals surface area contributed by atoms with E-state index < -0.39 is 17.7 Å². The van der Waals surface area contributed by atoms with E-state index in [9.17, 15) is 13.6 Å². The second-order valence-electron chi connectivity index (χ2n) is 6.86. The lowest BCUT2D eigenvalue weighted by atomic mass is 10.0. The van der Waals surface area contributed by atoms with Crippen LogP contribution in [0.25, 0.3) is 0 Å². The molecule has 1 aliphatic rings. The predicted octanol–water partition coefficient (Wildman–Crippen LogP) is 4.15. The molecule has 0 aromatic heterocycles. The molecule has 0 N–H and O–H groups in total. The molecule has 0 spiro atoms. The number of halogens is 2. The van der Waals surface area contributed by atoms with Gasteiger partial charge in [-0.3, -0.25) is 9.69 Å². The summed E-state index contributed by atoms with van der Waals surface area (Å²) in [6, 6.07) is 13.1. The first-order valence-corrected chi connectivity index (χ1v) is 9.04. The molecule has 3 rings (SSSR count). The fourth-order valence-corrected chi connectivity index (χ4v) is 3.53. The molecule has 1 heterocycles. The Bertz CT molecular complexity index is 745. The first kappa shape index (κ1) is 18.5. The van der Waals surface area contributed by atoms with Gasteiger partial charge in [0.2, 0.25) is 5.91 Å². The molecule has 1 fully saturated rings. The first-order valence-electron chi connectivity index (χ1n) is 9.04. The quantitative estimate of drug-likeness (QED) is 0.802. The van der Waals surface area contributed by atoms with Crippen molar-refractivity contribution in [3.63, 3.8) is 0 Å². The van der Waals surface area contributed by atoms with Crippen LogP contribution in [-0.4, -0.2) is 35.8 Å². The van der Waals surface area contributed by atoms with Crippen LogP contribution in [0.1, 0.15) is 36.4 Å². The third kappa shape index (κ3) is 4.28. The largest absolute Gasteiger partial charge is 0.341 e. The molecule has 5 heteroatoms. The van der Waals surface area contributed by atoms with Crippen LogP contribution in [-0.2, 0) is 11.3 Å². The van der Waals surface area contributed by atoms with Gasteiger partial charge in [0.25, 0.3) is 0 Å². The Balaban J connectivity index is 1.84. The number of carbonyl (C=O) groups excluding carboxylic acids is 1. The van der Waals surface area contributed by atoms with Gasteiger partial charge >= 0.3 is 0 Å². The van der Waals surface area contributed by atoms with E-state index in [1.54, 1.807) is 6.07 Å². The lowest BCUT2D eigenvalue weighted by Gasteiger charge is -2.34. The van der Waals surface area contributed by atoms with Crippen molar-refractivity contribution in [3.8, 4) is 0 Å². The maximum absolute atomic E-state index is 13.5. The van der Waals surface area contributed by atoms with Gasteiger partial charge in [0.15, 0.2) is 11.6 Å². The number of hydrogen-bond donors (Lipinski definition) is 0.